The molecule has 1 aromatic carbocycles. The van der Waals surface area contributed by atoms with Gasteiger partial charge in [-0.25, -0.2) is 0 Å². The van der Waals surface area contributed by atoms with Gasteiger partial charge in [0.2, 0.25) is 0 Å². The summed E-state index contributed by atoms with van der Waals surface area (Å²) in [6, 6.07) is 2.30. The Labute approximate surface area is 90.4 Å². The minimum Gasteiger partial charge on any atom is -0.488 e. The molecule has 0 aromatic heterocycles. The van der Waals surface area contributed by atoms with Gasteiger partial charge in [-0.2, -0.15) is 0 Å². The van der Waals surface area contributed by atoms with Gasteiger partial charge in [-0.05, 0) is 48.4 Å². The van der Waals surface area contributed by atoms with Crippen molar-refractivity contribution in [2.24, 2.45) is 5.73 Å². The van der Waals surface area contributed by atoms with Crippen LogP contribution in [0, 0.1) is 6.92 Å². The molecule has 1 aromatic rings. The van der Waals surface area contributed by atoms with Gasteiger partial charge in [0.1, 0.15) is 11.9 Å². The zero-order chi connectivity index (χ0) is 10.4. The summed E-state index contributed by atoms with van der Waals surface area (Å²) in [5.74, 6) is 1.17. The third-order valence-electron chi connectivity index (χ3n) is 3.65. The van der Waals surface area contributed by atoms with Crippen molar-refractivity contribution in [1.29, 1.82) is 0 Å². The monoisotopic (exact) mass is 203 g/mol. The molecule has 1 heterocycles. The first-order valence-electron chi connectivity index (χ1n) is 5.80. The highest BCUT2D eigenvalue weighted by Crippen LogP contribution is 2.40. The van der Waals surface area contributed by atoms with Crippen LogP contribution in [0.25, 0.3) is 0 Å². The highest BCUT2D eigenvalue weighted by Gasteiger charge is 2.28. The normalized spacial score (nSPS) is 22.4. The molecule has 2 N–H and O–H groups in total. The molecule has 80 valence electrons. The quantitative estimate of drug-likeness (QED) is 0.754. The molecule has 0 amide bonds. The van der Waals surface area contributed by atoms with Gasteiger partial charge >= 0.3 is 0 Å². The maximum absolute atomic E-state index is 5.93. The van der Waals surface area contributed by atoms with E-state index in [0.29, 0.717) is 6.54 Å². The van der Waals surface area contributed by atoms with Gasteiger partial charge < -0.3 is 10.5 Å². The molecule has 1 aliphatic carbocycles. The third-order valence-corrected chi connectivity index (χ3v) is 3.65. The van der Waals surface area contributed by atoms with Gasteiger partial charge in [-0.3, -0.25) is 0 Å². The summed E-state index contributed by atoms with van der Waals surface area (Å²) in [6.45, 7) is 2.85. The highest BCUT2D eigenvalue weighted by atomic mass is 16.5. The first-order chi connectivity index (χ1) is 7.29. The van der Waals surface area contributed by atoms with Crippen LogP contribution in [0.5, 0.6) is 5.75 Å². The molecule has 2 heteroatoms. The predicted molar refractivity (Wildman–Crippen MR) is 60.4 cm³/mol. The summed E-state index contributed by atoms with van der Waals surface area (Å²) in [5.41, 5.74) is 11.5. The maximum Gasteiger partial charge on any atom is 0.126 e. The van der Waals surface area contributed by atoms with Gasteiger partial charge in [-0.1, -0.05) is 6.07 Å². The highest BCUT2D eigenvalue weighted by molar-refractivity contribution is 5.54. The summed E-state index contributed by atoms with van der Waals surface area (Å²) >= 11 is 0. The Hall–Kier alpha value is -1.02. The first-order valence-corrected chi connectivity index (χ1v) is 5.80. The molecule has 0 fully saturated rings. The van der Waals surface area contributed by atoms with E-state index in [1.54, 1.807) is 0 Å². The van der Waals surface area contributed by atoms with Crippen LogP contribution in [0.2, 0.25) is 0 Å². The fraction of sp³-hybridized carbons (Fsp3) is 0.538. The van der Waals surface area contributed by atoms with Crippen LogP contribution in [0.4, 0.5) is 0 Å². The van der Waals surface area contributed by atoms with E-state index in [2.05, 4.69) is 13.0 Å². The summed E-state index contributed by atoms with van der Waals surface area (Å²) in [5, 5.41) is 0. The van der Waals surface area contributed by atoms with Crippen molar-refractivity contribution in [3.63, 3.8) is 0 Å². The minimum atomic E-state index is 0.214. The summed E-state index contributed by atoms with van der Waals surface area (Å²) in [4.78, 5) is 0. The zero-order valence-corrected chi connectivity index (χ0v) is 9.18. The number of aryl methyl sites for hydroxylation is 1. The van der Waals surface area contributed by atoms with E-state index in [1.807, 2.05) is 0 Å². The van der Waals surface area contributed by atoms with E-state index in [9.17, 15) is 0 Å². The molecular weight excluding hydrogens is 186 g/mol. The second-order valence-electron chi connectivity index (χ2n) is 4.67. The lowest BCUT2D eigenvalue weighted by molar-refractivity contribution is 0.239. The molecular formula is C13H17NO. The number of rotatable bonds is 1. The lowest BCUT2D eigenvalue weighted by Gasteiger charge is -2.11. The van der Waals surface area contributed by atoms with Gasteiger partial charge in [-0.15, -0.1) is 0 Å². The van der Waals surface area contributed by atoms with E-state index in [1.165, 1.54) is 47.3 Å². The van der Waals surface area contributed by atoms with Crippen LogP contribution in [-0.2, 0) is 19.3 Å². The smallest absolute Gasteiger partial charge is 0.126 e. The molecule has 1 aliphatic heterocycles. The van der Waals surface area contributed by atoms with E-state index < -0.39 is 0 Å². The minimum absolute atomic E-state index is 0.214. The SMILES string of the molecule is Cc1cc2c(c3c1CCC3)OC(CN)C2. The van der Waals surface area contributed by atoms with Crippen LogP contribution < -0.4 is 10.5 Å². The van der Waals surface area contributed by atoms with Crippen LogP contribution in [0.3, 0.4) is 0 Å². The van der Waals surface area contributed by atoms with E-state index in [-0.39, 0.29) is 6.10 Å². The zero-order valence-electron chi connectivity index (χ0n) is 9.18. The Morgan fingerprint density at radius 2 is 2.20 bits per heavy atom. The Morgan fingerprint density at radius 3 is 3.00 bits per heavy atom. The van der Waals surface area contributed by atoms with Crippen molar-refractivity contribution in [2.75, 3.05) is 6.54 Å². The van der Waals surface area contributed by atoms with Crippen molar-refractivity contribution in [1.82, 2.24) is 0 Å². The number of ether oxygens (including phenoxy) is 1. The third kappa shape index (κ3) is 1.28. The van der Waals surface area contributed by atoms with Gasteiger partial charge in [0, 0.05) is 13.0 Å². The second kappa shape index (κ2) is 3.24. The van der Waals surface area contributed by atoms with Gasteiger partial charge in [0.25, 0.3) is 0 Å². The molecule has 0 spiro atoms. The molecule has 0 bridgehead atoms. The molecule has 0 saturated heterocycles. The number of hydrogen-bond acceptors (Lipinski definition) is 2. The Balaban J connectivity index is 2.11. The average Bonchev–Trinajstić information content (AvgIpc) is 2.80. The predicted octanol–water partition coefficient (Wildman–Crippen LogP) is 1.75. The van der Waals surface area contributed by atoms with Gasteiger partial charge in [0.15, 0.2) is 0 Å². The lowest BCUT2D eigenvalue weighted by atomic mass is 9.98. The van der Waals surface area contributed by atoms with E-state index in [0.717, 1.165) is 6.42 Å². The van der Waals surface area contributed by atoms with Crippen molar-refractivity contribution in [3.05, 3.63) is 28.3 Å². The fourth-order valence-corrected chi connectivity index (χ4v) is 2.92. The largest absolute Gasteiger partial charge is 0.488 e. The Morgan fingerprint density at radius 1 is 1.40 bits per heavy atom. The van der Waals surface area contributed by atoms with E-state index >= 15 is 0 Å². The number of benzene rings is 1. The summed E-state index contributed by atoms with van der Waals surface area (Å²) in [7, 11) is 0. The lowest BCUT2D eigenvalue weighted by Crippen LogP contribution is -2.24. The average molecular weight is 203 g/mol. The molecule has 15 heavy (non-hydrogen) atoms. The molecule has 2 nitrogen and oxygen atoms in total. The van der Waals surface area contributed by atoms with Crippen molar-refractivity contribution < 1.29 is 4.74 Å². The van der Waals surface area contributed by atoms with Crippen LogP contribution in [0.1, 0.15) is 28.7 Å². The van der Waals surface area contributed by atoms with Crippen molar-refractivity contribution >= 4 is 0 Å². The standard InChI is InChI=1S/C13H17NO/c1-8-5-9-6-10(7-14)15-13(9)12-4-2-3-11(8)12/h5,10H,2-4,6-7,14H2,1H3. The maximum atomic E-state index is 5.93. The topological polar surface area (TPSA) is 35.2 Å². The fourth-order valence-electron chi connectivity index (χ4n) is 2.92. The number of nitrogens with two attached hydrogens (primary N) is 1. The number of hydrogen-bond donors (Lipinski definition) is 1. The number of fused-ring (bicyclic) bond motifs is 3. The van der Waals surface area contributed by atoms with E-state index in [4.69, 9.17) is 10.5 Å². The van der Waals surface area contributed by atoms with Crippen LogP contribution >= 0.6 is 0 Å². The van der Waals surface area contributed by atoms with Gasteiger partial charge in [0.05, 0.1) is 0 Å². The van der Waals surface area contributed by atoms with Crippen LogP contribution in [0.15, 0.2) is 6.07 Å². The molecule has 0 radical (unpaired) electrons. The summed E-state index contributed by atoms with van der Waals surface area (Å²) in [6.07, 6.45) is 4.91. The first kappa shape index (κ1) is 9.22. The Kier molecular flexibility index (Phi) is 1.99. The molecule has 1 atom stereocenters. The van der Waals surface area contributed by atoms with Crippen molar-refractivity contribution in [2.45, 2.75) is 38.7 Å². The molecule has 1 unspecified atom stereocenters. The molecule has 2 aliphatic rings. The van der Waals surface area contributed by atoms with Crippen LogP contribution in [-0.4, -0.2) is 12.6 Å². The molecule has 0 saturated carbocycles. The van der Waals surface area contributed by atoms with Crippen molar-refractivity contribution in [3.8, 4) is 5.75 Å². The molecule has 3 rings (SSSR count). The second-order valence-corrected chi connectivity index (χ2v) is 4.67. The Bertz CT molecular complexity index is 411. The summed E-state index contributed by atoms with van der Waals surface area (Å²) < 4.78 is 5.93.